The Labute approximate surface area is 100 Å². The van der Waals surface area contributed by atoms with Crippen molar-refractivity contribution in [1.29, 1.82) is 0 Å². The van der Waals surface area contributed by atoms with Gasteiger partial charge in [0, 0.05) is 20.2 Å². The number of aliphatic hydroxyl groups excluding tert-OH is 1. The maximum absolute atomic E-state index is 9.55. The summed E-state index contributed by atoms with van der Waals surface area (Å²) in [6, 6.07) is 1.08. The summed E-state index contributed by atoms with van der Waals surface area (Å²) in [6.07, 6.45) is 1.42. The van der Waals surface area contributed by atoms with Crippen LogP contribution in [0, 0.1) is 0 Å². The first-order chi connectivity index (χ1) is 7.72. The number of likely N-dealkylation sites (N-methyl/N-ethyl adjacent to an activating group) is 1. The molecule has 0 aromatic heterocycles. The molecule has 4 nitrogen and oxygen atoms in total. The first kappa shape index (κ1) is 14.1. The smallest absolute Gasteiger partial charge is 0.297 e. The Hall–Kier alpha value is 0.0569. The van der Waals surface area contributed by atoms with E-state index in [1.54, 1.807) is 7.11 Å². The summed E-state index contributed by atoms with van der Waals surface area (Å²) >= 11 is 0. The summed E-state index contributed by atoms with van der Waals surface area (Å²) < 4.78 is 8.08. The minimum atomic E-state index is -1.94. The second-order valence-electron chi connectivity index (χ2n) is 4.43. The van der Waals surface area contributed by atoms with E-state index in [-0.39, 0.29) is 6.23 Å². The second kappa shape index (κ2) is 6.71. The zero-order chi connectivity index (χ0) is 12.0. The summed E-state index contributed by atoms with van der Waals surface area (Å²) in [5.74, 6) is 0. The van der Waals surface area contributed by atoms with E-state index in [9.17, 15) is 5.11 Å². The molecule has 16 heavy (non-hydrogen) atoms. The van der Waals surface area contributed by atoms with Gasteiger partial charge < -0.3 is 14.4 Å². The summed E-state index contributed by atoms with van der Waals surface area (Å²) in [7, 11) is -0.178. The van der Waals surface area contributed by atoms with Crippen LogP contribution in [0.15, 0.2) is 0 Å². The molecule has 96 valence electrons. The normalized spacial score (nSPS) is 26.8. The minimum absolute atomic E-state index is 0.238. The Morgan fingerprint density at radius 3 is 2.56 bits per heavy atom. The van der Waals surface area contributed by atoms with Gasteiger partial charge in [0.1, 0.15) is 0 Å². The summed E-state index contributed by atoms with van der Waals surface area (Å²) in [5.41, 5.74) is 0. The van der Waals surface area contributed by atoms with Gasteiger partial charge in [0.2, 0.25) is 0 Å². The largest absolute Gasteiger partial charge is 0.405 e. The molecule has 0 amide bonds. The minimum Gasteiger partial charge on any atom is -0.405 e. The molecule has 0 aromatic rings. The molecule has 1 heterocycles. The molecule has 1 atom stereocenters. The van der Waals surface area contributed by atoms with Crippen LogP contribution in [-0.4, -0.2) is 69.1 Å². The van der Waals surface area contributed by atoms with E-state index in [1.807, 2.05) is 0 Å². The molecule has 1 aliphatic heterocycles. The summed E-state index contributed by atoms with van der Waals surface area (Å²) in [6.45, 7) is 9.83. The van der Waals surface area contributed by atoms with Crippen molar-refractivity contribution in [3.63, 3.8) is 0 Å². The van der Waals surface area contributed by atoms with Gasteiger partial charge in [0.15, 0.2) is 0 Å². The van der Waals surface area contributed by atoms with E-state index >= 15 is 0 Å². The average Bonchev–Trinajstić information content (AvgIpc) is 2.74. The lowest BCUT2D eigenvalue weighted by molar-refractivity contribution is 0.224. The SMILES string of the molecule is CCN(CC)CCN1CCC[Si]1(CO)OC. The molecule has 1 fully saturated rings. The molecule has 1 N–H and O–H groups in total. The predicted molar refractivity (Wildman–Crippen MR) is 68.6 cm³/mol. The Balaban J connectivity index is 2.46. The third-order valence-electron chi connectivity index (χ3n) is 3.78. The summed E-state index contributed by atoms with van der Waals surface area (Å²) in [5, 5.41) is 9.55. The van der Waals surface area contributed by atoms with Crippen molar-refractivity contribution in [2.45, 2.75) is 26.3 Å². The highest BCUT2D eigenvalue weighted by molar-refractivity contribution is 6.71. The van der Waals surface area contributed by atoms with E-state index in [2.05, 4.69) is 23.3 Å². The molecule has 0 aromatic carbocycles. The standard InChI is InChI=1S/C11H26N2O2Si/c1-4-12(5-2)8-9-13-7-6-10-16(13,11-14)15-3/h14H,4-11H2,1-3H3. The van der Waals surface area contributed by atoms with Gasteiger partial charge in [-0.2, -0.15) is 0 Å². The molecule has 1 saturated heterocycles. The monoisotopic (exact) mass is 246 g/mol. The van der Waals surface area contributed by atoms with Crippen LogP contribution in [0.1, 0.15) is 20.3 Å². The van der Waals surface area contributed by atoms with Gasteiger partial charge in [-0.15, -0.1) is 0 Å². The highest BCUT2D eigenvalue weighted by atomic mass is 28.4. The van der Waals surface area contributed by atoms with Gasteiger partial charge in [0.25, 0.3) is 8.48 Å². The van der Waals surface area contributed by atoms with Crippen molar-refractivity contribution in [3.05, 3.63) is 0 Å². The Morgan fingerprint density at radius 1 is 1.38 bits per heavy atom. The maximum Gasteiger partial charge on any atom is 0.297 e. The maximum atomic E-state index is 9.55. The van der Waals surface area contributed by atoms with Gasteiger partial charge >= 0.3 is 0 Å². The number of rotatable bonds is 7. The van der Waals surface area contributed by atoms with Gasteiger partial charge in [-0.3, -0.25) is 4.57 Å². The van der Waals surface area contributed by atoms with Gasteiger partial charge in [-0.1, -0.05) is 13.8 Å². The van der Waals surface area contributed by atoms with Crippen molar-refractivity contribution >= 4 is 8.48 Å². The zero-order valence-electron chi connectivity index (χ0n) is 10.9. The molecular weight excluding hydrogens is 220 g/mol. The molecule has 1 rings (SSSR count). The zero-order valence-corrected chi connectivity index (χ0v) is 11.9. The van der Waals surface area contributed by atoms with Crippen LogP contribution < -0.4 is 0 Å². The van der Waals surface area contributed by atoms with Crippen LogP contribution in [0.5, 0.6) is 0 Å². The third kappa shape index (κ3) is 3.04. The topological polar surface area (TPSA) is 35.9 Å². The van der Waals surface area contributed by atoms with E-state index in [4.69, 9.17) is 4.43 Å². The van der Waals surface area contributed by atoms with Crippen LogP contribution in [0.2, 0.25) is 6.04 Å². The molecular formula is C11H26N2O2Si. The van der Waals surface area contributed by atoms with Crippen LogP contribution in [0.4, 0.5) is 0 Å². The van der Waals surface area contributed by atoms with Crippen molar-refractivity contribution in [1.82, 2.24) is 9.47 Å². The first-order valence-electron chi connectivity index (χ1n) is 6.35. The highest BCUT2D eigenvalue weighted by Gasteiger charge is 2.44. The average molecular weight is 246 g/mol. The van der Waals surface area contributed by atoms with Gasteiger partial charge in [-0.25, -0.2) is 0 Å². The van der Waals surface area contributed by atoms with Crippen LogP contribution >= 0.6 is 0 Å². The van der Waals surface area contributed by atoms with Crippen molar-refractivity contribution < 1.29 is 9.53 Å². The Morgan fingerprint density at radius 2 is 2.06 bits per heavy atom. The van der Waals surface area contributed by atoms with Crippen LogP contribution in [0.3, 0.4) is 0 Å². The van der Waals surface area contributed by atoms with Crippen LogP contribution in [0.25, 0.3) is 0 Å². The van der Waals surface area contributed by atoms with E-state index in [0.717, 1.165) is 38.8 Å². The molecule has 5 heteroatoms. The van der Waals surface area contributed by atoms with E-state index in [0.29, 0.717) is 0 Å². The molecule has 0 bridgehead atoms. The fourth-order valence-electron chi connectivity index (χ4n) is 2.50. The Kier molecular flexibility index (Phi) is 5.92. The lowest BCUT2D eigenvalue weighted by Crippen LogP contribution is -2.56. The molecule has 1 unspecified atom stereocenters. The number of hydrogen-bond donors (Lipinski definition) is 1. The van der Waals surface area contributed by atoms with Crippen molar-refractivity contribution in [2.24, 2.45) is 0 Å². The summed E-state index contributed by atoms with van der Waals surface area (Å²) in [4.78, 5) is 2.42. The second-order valence-corrected chi connectivity index (χ2v) is 8.18. The number of nitrogens with zero attached hydrogens (tertiary/aromatic N) is 2. The predicted octanol–water partition coefficient (Wildman–Crippen LogP) is 0.654. The Bertz CT molecular complexity index is 196. The lowest BCUT2D eigenvalue weighted by atomic mass is 10.4. The number of hydrogen-bond acceptors (Lipinski definition) is 4. The highest BCUT2D eigenvalue weighted by Crippen LogP contribution is 2.25. The van der Waals surface area contributed by atoms with Crippen LogP contribution in [-0.2, 0) is 4.43 Å². The van der Waals surface area contributed by atoms with Crippen molar-refractivity contribution in [2.75, 3.05) is 46.1 Å². The third-order valence-corrected chi connectivity index (χ3v) is 7.77. The van der Waals surface area contributed by atoms with Crippen molar-refractivity contribution in [3.8, 4) is 0 Å². The fourth-order valence-corrected chi connectivity index (χ4v) is 5.55. The molecule has 1 aliphatic rings. The quantitative estimate of drug-likeness (QED) is 0.669. The van der Waals surface area contributed by atoms with E-state index in [1.165, 1.54) is 6.42 Å². The molecule has 0 spiro atoms. The first-order valence-corrected chi connectivity index (χ1v) is 8.62. The number of aliphatic hydroxyl groups is 1. The lowest BCUT2D eigenvalue weighted by Gasteiger charge is -2.34. The molecule has 0 radical (unpaired) electrons. The van der Waals surface area contributed by atoms with E-state index < -0.39 is 8.48 Å². The molecule has 0 saturated carbocycles. The van der Waals surface area contributed by atoms with Gasteiger partial charge in [-0.05, 0) is 32.1 Å². The van der Waals surface area contributed by atoms with Gasteiger partial charge in [0.05, 0.1) is 6.23 Å². The molecule has 0 aliphatic carbocycles. The fraction of sp³-hybridized carbons (Fsp3) is 1.00.